The molecule has 23 heavy (non-hydrogen) atoms. The maximum absolute atomic E-state index is 12.2. The Bertz CT molecular complexity index is 811. The Labute approximate surface area is 143 Å². The molecule has 0 aliphatic rings. The predicted molar refractivity (Wildman–Crippen MR) is 94.8 cm³/mol. The number of carbonyl (C=O) groups is 1. The van der Waals surface area contributed by atoms with Crippen LogP contribution in [0.2, 0.25) is 0 Å². The van der Waals surface area contributed by atoms with Crippen LogP contribution in [0.3, 0.4) is 0 Å². The Morgan fingerprint density at radius 2 is 2.00 bits per heavy atom. The van der Waals surface area contributed by atoms with Crippen LogP contribution >= 0.6 is 15.9 Å². The van der Waals surface area contributed by atoms with E-state index in [1.165, 1.54) is 0 Å². The van der Waals surface area contributed by atoms with E-state index in [0.717, 1.165) is 27.0 Å². The smallest absolute Gasteiger partial charge is 0.228 e. The molecular weight excluding hydrogens is 354 g/mol. The van der Waals surface area contributed by atoms with Gasteiger partial charge < -0.3 is 5.32 Å². The summed E-state index contributed by atoms with van der Waals surface area (Å²) in [5, 5.41) is 7.11. The molecule has 0 radical (unpaired) electrons. The molecule has 0 spiro atoms. The minimum Gasteiger partial charge on any atom is -0.326 e. The first-order chi connectivity index (χ1) is 11.1. The molecule has 1 aromatic heterocycles. The molecule has 2 aromatic carbocycles. The zero-order chi connectivity index (χ0) is 16.2. The molecule has 0 fully saturated rings. The van der Waals surface area contributed by atoms with Crippen LogP contribution in [0.5, 0.6) is 0 Å². The van der Waals surface area contributed by atoms with Gasteiger partial charge in [0.1, 0.15) is 0 Å². The van der Waals surface area contributed by atoms with Gasteiger partial charge in [-0.1, -0.05) is 28.1 Å². The highest BCUT2D eigenvalue weighted by molar-refractivity contribution is 9.10. The molecule has 0 bridgehead atoms. The average Bonchev–Trinajstić information content (AvgIpc) is 3.06. The van der Waals surface area contributed by atoms with Gasteiger partial charge in [-0.05, 0) is 54.4 Å². The zero-order valence-electron chi connectivity index (χ0n) is 12.7. The molecule has 3 aromatic rings. The summed E-state index contributed by atoms with van der Waals surface area (Å²) < 4.78 is 2.82. The van der Waals surface area contributed by atoms with Crippen LogP contribution < -0.4 is 5.32 Å². The fourth-order valence-electron chi connectivity index (χ4n) is 2.30. The van der Waals surface area contributed by atoms with Gasteiger partial charge in [-0.3, -0.25) is 4.79 Å². The Hall–Kier alpha value is -2.40. The summed E-state index contributed by atoms with van der Waals surface area (Å²) in [6.45, 7) is 1.99. The Morgan fingerprint density at radius 1 is 1.22 bits per heavy atom. The van der Waals surface area contributed by atoms with E-state index >= 15 is 0 Å². The third-order valence-electron chi connectivity index (χ3n) is 3.51. The molecule has 3 rings (SSSR count). The lowest BCUT2D eigenvalue weighted by Gasteiger charge is -2.08. The summed E-state index contributed by atoms with van der Waals surface area (Å²) >= 11 is 3.45. The third-order valence-corrected chi connectivity index (χ3v) is 4.40. The van der Waals surface area contributed by atoms with Crippen molar-refractivity contribution in [1.82, 2.24) is 9.78 Å². The SMILES string of the molecule is Cc1cc(NC(=O)Cc2ccc(-n3cccn3)cc2)ccc1Br. The van der Waals surface area contributed by atoms with Crippen LogP contribution in [0.1, 0.15) is 11.1 Å². The van der Waals surface area contributed by atoms with Gasteiger partial charge in [0.05, 0.1) is 12.1 Å². The number of aromatic nitrogens is 2. The van der Waals surface area contributed by atoms with Gasteiger partial charge in [-0.2, -0.15) is 5.10 Å². The minimum atomic E-state index is -0.0291. The van der Waals surface area contributed by atoms with Gasteiger partial charge in [-0.25, -0.2) is 4.68 Å². The van der Waals surface area contributed by atoms with E-state index in [4.69, 9.17) is 0 Å². The van der Waals surface area contributed by atoms with Gasteiger partial charge in [0, 0.05) is 22.6 Å². The first kappa shape index (κ1) is 15.5. The number of amides is 1. The van der Waals surface area contributed by atoms with Crippen LogP contribution in [0.15, 0.2) is 65.4 Å². The first-order valence-electron chi connectivity index (χ1n) is 7.27. The molecule has 1 N–H and O–H groups in total. The Balaban J connectivity index is 1.64. The van der Waals surface area contributed by atoms with Crippen LogP contribution in [-0.2, 0) is 11.2 Å². The van der Waals surface area contributed by atoms with E-state index in [0.29, 0.717) is 6.42 Å². The standard InChI is InChI=1S/C18H16BrN3O/c1-13-11-15(5-8-17(13)19)21-18(23)12-14-3-6-16(7-4-14)22-10-2-9-20-22/h2-11H,12H2,1H3,(H,21,23). The molecule has 0 aliphatic carbocycles. The predicted octanol–water partition coefficient (Wildman–Crippen LogP) is 4.12. The molecule has 0 atom stereocenters. The van der Waals surface area contributed by atoms with Crippen LogP contribution in [0.4, 0.5) is 5.69 Å². The van der Waals surface area contributed by atoms with Crippen molar-refractivity contribution in [3.8, 4) is 5.69 Å². The largest absolute Gasteiger partial charge is 0.326 e. The van der Waals surface area contributed by atoms with E-state index in [2.05, 4.69) is 26.3 Å². The van der Waals surface area contributed by atoms with Gasteiger partial charge in [0.25, 0.3) is 0 Å². The van der Waals surface area contributed by atoms with E-state index in [1.807, 2.05) is 61.7 Å². The zero-order valence-corrected chi connectivity index (χ0v) is 14.2. The number of hydrogen-bond acceptors (Lipinski definition) is 2. The quantitative estimate of drug-likeness (QED) is 0.751. The number of hydrogen-bond donors (Lipinski definition) is 1. The fourth-order valence-corrected chi connectivity index (χ4v) is 2.55. The summed E-state index contributed by atoms with van der Waals surface area (Å²) in [5.74, 6) is -0.0291. The summed E-state index contributed by atoms with van der Waals surface area (Å²) in [7, 11) is 0. The monoisotopic (exact) mass is 369 g/mol. The maximum Gasteiger partial charge on any atom is 0.228 e. The van der Waals surface area contributed by atoms with E-state index in [1.54, 1.807) is 10.9 Å². The summed E-state index contributed by atoms with van der Waals surface area (Å²) in [5.41, 5.74) is 3.84. The maximum atomic E-state index is 12.2. The Kier molecular flexibility index (Phi) is 4.57. The van der Waals surface area contributed by atoms with Crippen LogP contribution in [0.25, 0.3) is 5.69 Å². The number of rotatable bonds is 4. The second-order valence-electron chi connectivity index (χ2n) is 5.31. The average molecular weight is 370 g/mol. The number of nitrogens with one attached hydrogen (secondary N) is 1. The van der Waals surface area contributed by atoms with Crippen LogP contribution in [-0.4, -0.2) is 15.7 Å². The van der Waals surface area contributed by atoms with Crippen molar-refractivity contribution in [2.45, 2.75) is 13.3 Å². The highest BCUT2D eigenvalue weighted by Gasteiger charge is 2.06. The van der Waals surface area contributed by atoms with E-state index < -0.39 is 0 Å². The molecule has 116 valence electrons. The molecule has 0 saturated heterocycles. The molecule has 5 heteroatoms. The van der Waals surface area contributed by atoms with Crippen molar-refractivity contribution >= 4 is 27.5 Å². The lowest BCUT2D eigenvalue weighted by atomic mass is 10.1. The highest BCUT2D eigenvalue weighted by atomic mass is 79.9. The van der Waals surface area contributed by atoms with Gasteiger partial charge in [-0.15, -0.1) is 0 Å². The van der Waals surface area contributed by atoms with Crippen molar-refractivity contribution in [3.63, 3.8) is 0 Å². The second-order valence-corrected chi connectivity index (χ2v) is 6.16. The van der Waals surface area contributed by atoms with Crippen molar-refractivity contribution in [2.75, 3.05) is 5.32 Å². The minimum absolute atomic E-state index is 0.0291. The van der Waals surface area contributed by atoms with Crippen LogP contribution in [0, 0.1) is 6.92 Å². The molecule has 1 heterocycles. The number of nitrogens with zero attached hydrogens (tertiary/aromatic N) is 2. The summed E-state index contributed by atoms with van der Waals surface area (Å²) in [6, 6.07) is 15.5. The van der Waals surface area contributed by atoms with Gasteiger partial charge in [0.15, 0.2) is 0 Å². The molecule has 1 amide bonds. The van der Waals surface area contributed by atoms with Crippen molar-refractivity contribution in [3.05, 3.63) is 76.5 Å². The third kappa shape index (κ3) is 3.87. The van der Waals surface area contributed by atoms with Crippen molar-refractivity contribution < 1.29 is 4.79 Å². The second kappa shape index (κ2) is 6.79. The molecule has 0 saturated carbocycles. The lowest BCUT2D eigenvalue weighted by molar-refractivity contribution is -0.115. The topological polar surface area (TPSA) is 46.9 Å². The number of anilines is 1. The number of benzene rings is 2. The van der Waals surface area contributed by atoms with Crippen molar-refractivity contribution in [1.29, 1.82) is 0 Å². The number of halogens is 1. The van der Waals surface area contributed by atoms with Gasteiger partial charge >= 0.3 is 0 Å². The summed E-state index contributed by atoms with van der Waals surface area (Å²) in [6.07, 6.45) is 3.97. The molecule has 0 unspecified atom stereocenters. The molecule has 4 nitrogen and oxygen atoms in total. The molecular formula is C18H16BrN3O. The highest BCUT2D eigenvalue weighted by Crippen LogP contribution is 2.20. The normalized spacial score (nSPS) is 10.5. The van der Waals surface area contributed by atoms with E-state index in [-0.39, 0.29) is 5.91 Å². The lowest BCUT2D eigenvalue weighted by Crippen LogP contribution is -2.14. The van der Waals surface area contributed by atoms with Gasteiger partial charge in [0.2, 0.25) is 5.91 Å². The Morgan fingerprint density at radius 3 is 2.65 bits per heavy atom. The number of carbonyl (C=O) groups excluding carboxylic acids is 1. The first-order valence-corrected chi connectivity index (χ1v) is 8.06. The summed E-state index contributed by atoms with van der Waals surface area (Å²) in [4.78, 5) is 12.2. The number of aryl methyl sites for hydroxylation is 1. The fraction of sp³-hybridized carbons (Fsp3) is 0.111. The van der Waals surface area contributed by atoms with E-state index in [9.17, 15) is 4.79 Å². The van der Waals surface area contributed by atoms with Crippen molar-refractivity contribution in [2.24, 2.45) is 0 Å². The molecule has 0 aliphatic heterocycles.